The molecule has 1 aromatic rings. The lowest BCUT2D eigenvalue weighted by molar-refractivity contribution is -0.385. The van der Waals surface area contributed by atoms with Crippen LogP contribution in [0.5, 0.6) is 0 Å². The lowest BCUT2D eigenvalue weighted by Gasteiger charge is -2.29. The van der Waals surface area contributed by atoms with Crippen LogP contribution in [-0.2, 0) is 6.54 Å². The van der Waals surface area contributed by atoms with Crippen LogP contribution in [0.3, 0.4) is 0 Å². The molecule has 0 fully saturated rings. The van der Waals surface area contributed by atoms with Crippen LogP contribution in [0.2, 0.25) is 0 Å². The highest BCUT2D eigenvalue weighted by atomic mass is 79.9. The Morgan fingerprint density at radius 3 is 2.55 bits per heavy atom. The highest BCUT2D eigenvalue weighted by Crippen LogP contribution is 2.29. The molecule has 112 valence electrons. The first-order chi connectivity index (χ1) is 9.49. The predicted molar refractivity (Wildman–Crippen MR) is 82.6 cm³/mol. The van der Waals surface area contributed by atoms with Gasteiger partial charge in [-0.3, -0.25) is 10.1 Å². The van der Waals surface area contributed by atoms with Gasteiger partial charge < -0.3 is 10.4 Å². The third-order valence-corrected chi connectivity index (χ3v) is 4.82. The molecular formula is C14H21BrN2O3. The minimum absolute atomic E-state index is 0.0729. The molecule has 0 aliphatic rings. The number of hydrogen-bond acceptors (Lipinski definition) is 4. The van der Waals surface area contributed by atoms with Crippen molar-refractivity contribution in [1.82, 2.24) is 5.32 Å². The lowest BCUT2D eigenvalue weighted by Crippen LogP contribution is -2.36. The van der Waals surface area contributed by atoms with Crippen LogP contribution in [0.15, 0.2) is 22.7 Å². The maximum atomic E-state index is 10.9. The van der Waals surface area contributed by atoms with E-state index in [-0.39, 0.29) is 17.7 Å². The largest absolute Gasteiger partial charge is 0.396 e. The molecule has 0 unspecified atom stereocenters. The number of benzene rings is 1. The number of aliphatic hydroxyl groups is 1. The Morgan fingerprint density at radius 2 is 2.05 bits per heavy atom. The topological polar surface area (TPSA) is 75.4 Å². The molecule has 0 saturated carbocycles. The lowest BCUT2D eigenvalue weighted by atomic mass is 9.83. The Labute approximate surface area is 127 Å². The molecule has 0 saturated heterocycles. The zero-order valence-electron chi connectivity index (χ0n) is 11.9. The molecule has 0 bridgehead atoms. The first kappa shape index (κ1) is 17.1. The molecule has 0 radical (unpaired) electrons. The summed E-state index contributed by atoms with van der Waals surface area (Å²) in [6.45, 7) is 5.48. The summed E-state index contributed by atoms with van der Waals surface area (Å²) in [4.78, 5) is 10.5. The second-order valence-corrected chi connectivity index (χ2v) is 5.77. The van der Waals surface area contributed by atoms with Gasteiger partial charge in [-0.15, -0.1) is 0 Å². The van der Waals surface area contributed by atoms with Gasteiger partial charge in [0.15, 0.2) is 0 Å². The maximum Gasteiger partial charge on any atom is 0.283 e. The van der Waals surface area contributed by atoms with Crippen LogP contribution >= 0.6 is 15.9 Å². The van der Waals surface area contributed by atoms with Crippen molar-refractivity contribution < 1.29 is 10.0 Å². The monoisotopic (exact) mass is 344 g/mol. The Bertz CT molecular complexity index is 453. The summed E-state index contributed by atoms with van der Waals surface area (Å²) in [6.07, 6.45) is 1.78. The van der Waals surface area contributed by atoms with Gasteiger partial charge in [0.1, 0.15) is 0 Å². The Balaban J connectivity index is 2.71. The van der Waals surface area contributed by atoms with Crippen molar-refractivity contribution in [2.45, 2.75) is 33.2 Å². The number of aliphatic hydroxyl groups excluding tert-OH is 1. The number of nitro benzene ring substituents is 1. The summed E-state index contributed by atoms with van der Waals surface area (Å²) in [7, 11) is 0. The first-order valence-corrected chi connectivity index (χ1v) is 7.52. The second kappa shape index (κ2) is 7.71. The molecule has 6 heteroatoms. The minimum atomic E-state index is -0.399. The van der Waals surface area contributed by atoms with Crippen molar-refractivity contribution >= 4 is 21.6 Å². The summed E-state index contributed by atoms with van der Waals surface area (Å²) in [6, 6.07) is 5.01. The number of nitrogens with zero attached hydrogens (tertiary/aromatic N) is 1. The number of hydrogen-bond donors (Lipinski definition) is 2. The van der Waals surface area contributed by atoms with Crippen LogP contribution in [0.25, 0.3) is 0 Å². The highest BCUT2D eigenvalue weighted by Gasteiger charge is 2.24. The smallest absolute Gasteiger partial charge is 0.283 e. The molecular weight excluding hydrogens is 324 g/mol. The molecule has 2 N–H and O–H groups in total. The molecule has 1 aromatic carbocycles. The molecule has 0 atom stereocenters. The van der Waals surface area contributed by atoms with Crippen LogP contribution in [0, 0.1) is 15.5 Å². The second-order valence-electron chi connectivity index (χ2n) is 4.98. The number of nitrogens with one attached hydrogen (secondary N) is 1. The first-order valence-electron chi connectivity index (χ1n) is 6.73. The van der Waals surface area contributed by atoms with E-state index >= 15 is 0 Å². The van der Waals surface area contributed by atoms with Crippen molar-refractivity contribution in [2.75, 3.05) is 13.2 Å². The molecule has 0 aromatic heterocycles. The summed E-state index contributed by atoms with van der Waals surface area (Å²) in [5, 5.41) is 23.7. The average Bonchev–Trinajstić information content (AvgIpc) is 2.45. The third-order valence-electron chi connectivity index (χ3n) is 3.91. The number of nitro groups is 1. The van der Waals surface area contributed by atoms with Gasteiger partial charge in [0.05, 0.1) is 9.40 Å². The molecule has 0 aliphatic heterocycles. The van der Waals surface area contributed by atoms with Gasteiger partial charge in [-0.1, -0.05) is 26.0 Å². The molecule has 5 nitrogen and oxygen atoms in total. The number of rotatable bonds is 8. The fourth-order valence-electron chi connectivity index (χ4n) is 2.09. The normalized spacial score (nSPS) is 11.6. The Morgan fingerprint density at radius 1 is 1.40 bits per heavy atom. The SMILES string of the molecule is CCC(CC)(CO)CNCc1cccc([N+](=O)[O-])c1Br. The highest BCUT2D eigenvalue weighted by molar-refractivity contribution is 9.10. The zero-order chi connectivity index (χ0) is 15.2. The molecule has 20 heavy (non-hydrogen) atoms. The van der Waals surface area contributed by atoms with Crippen molar-refractivity contribution in [1.29, 1.82) is 0 Å². The van der Waals surface area contributed by atoms with Crippen LogP contribution in [0.1, 0.15) is 32.3 Å². The van der Waals surface area contributed by atoms with E-state index in [4.69, 9.17) is 0 Å². The number of halogens is 1. The van der Waals surface area contributed by atoms with Gasteiger partial charge in [-0.05, 0) is 34.3 Å². The van der Waals surface area contributed by atoms with Gasteiger partial charge in [-0.25, -0.2) is 0 Å². The van der Waals surface area contributed by atoms with E-state index in [2.05, 4.69) is 35.1 Å². The van der Waals surface area contributed by atoms with E-state index in [1.54, 1.807) is 6.07 Å². The maximum absolute atomic E-state index is 10.9. The van der Waals surface area contributed by atoms with Crippen molar-refractivity contribution in [3.8, 4) is 0 Å². The minimum Gasteiger partial charge on any atom is -0.396 e. The van der Waals surface area contributed by atoms with E-state index in [0.717, 1.165) is 18.4 Å². The van der Waals surface area contributed by atoms with E-state index in [0.29, 0.717) is 17.6 Å². The molecule has 1 rings (SSSR count). The van der Waals surface area contributed by atoms with Crippen molar-refractivity contribution in [2.24, 2.45) is 5.41 Å². The van der Waals surface area contributed by atoms with Gasteiger partial charge in [-0.2, -0.15) is 0 Å². The summed E-state index contributed by atoms with van der Waals surface area (Å²) < 4.78 is 0.514. The fourth-order valence-corrected chi connectivity index (χ4v) is 2.63. The summed E-state index contributed by atoms with van der Waals surface area (Å²) >= 11 is 3.28. The Kier molecular flexibility index (Phi) is 6.58. The summed E-state index contributed by atoms with van der Waals surface area (Å²) in [5.74, 6) is 0. The summed E-state index contributed by atoms with van der Waals surface area (Å²) in [5.41, 5.74) is 0.801. The standard InChI is InChI=1S/C14H21BrN2O3/c1-3-14(4-2,10-18)9-16-8-11-6-5-7-12(13(11)15)17(19)20/h5-7,16,18H,3-4,8-10H2,1-2H3. The van der Waals surface area contributed by atoms with E-state index in [1.165, 1.54) is 6.07 Å². The van der Waals surface area contributed by atoms with E-state index < -0.39 is 4.92 Å². The fraction of sp³-hybridized carbons (Fsp3) is 0.571. The van der Waals surface area contributed by atoms with Gasteiger partial charge in [0, 0.05) is 31.2 Å². The van der Waals surface area contributed by atoms with Gasteiger partial charge in [0.25, 0.3) is 5.69 Å². The predicted octanol–water partition coefficient (Wildman–Crippen LogP) is 3.25. The molecule has 0 aliphatic carbocycles. The third kappa shape index (κ3) is 4.01. The molecule has 0 heterocycles. The van der Waals surface area contributed by atoms with Crippen LogP contribution < -0.4 is 5.32 Å². The van der Waals surface area contributed by atoms with Crippen molar-refractivity contribution in [3.63, 3.8) is 0 Å². The average molecular weight is 345 g/mol. The van der Waals surface area contributed by atoms with E-state index in [1.807, 2.05) is 6.07 Å². The van der Waals surface area contributed by atoms with Crippen LogP contribution in [-0.4, -0.2) is 23.2 Å². The van der Waals surface area contributed by atoms with E-state index in [9.17, 15) is 15.2 Å². The quantitative estimate of drug-likeness (QED) is 0.560. The van der Waals surface area contributed by atoms with Gasteiger partial charge >= 0.3 is 0 Å². The van der Waals surface area contributed by atoms with Gasteiger partial charge in [0.2, 0.25) is 0 Å². The molecule has 0 spiro atoms. The zero-order valence-corrected chi connectivity index (χ0v) is 13.4. The van der Waals surface area contributed by atoms with Crippen molar-refractivity contribution in [3.05, 3.63) is 38.3 Å². The molecule has 0 amide bonds. The van der Waals surface area contributed by atoms with Crippen LogP contribution in [0.4, 0.5) is 5.69 Å². The Hall–Kier alpha value is -0.980.